The molecule has 6 nitrogen and oxygen atoms in total. The second kappa shape index (κ2) is 7.79. The molecule has 0 fully saturated rings. The van der Waals surface area contributed by atoms with E-state index in [-0.39, 0.29) is 6.61 Å². The molecule has 1 aromatic carbocycles. The van der Waals surface area contributed by atoms with Crippen LogP contribution in [0.4, 0.5) is 4.79 Å². The van der Waals surface area contributed by atoms with Gasteiger partial charge in [-0.3, -0.25) is 0 Å². The number of ether oxygens (including phenoxy) is 2. The van der Waals surface area contributed by atoms with E-state index in [1.165, 1.54) is 0 Å². The molecule has 0 saturated carbocycles. The molecule has 1 amide bonds. The Morgan fingerprint density at radius 2 is 1.82 bits per heavy atom. The Hall–Kier alpha value is -2.08. The molecular formula is C16H23NO5. The van der Waals surface area contributed by atoms with Crippen molar-refractivity contribution < 1.29 is 24.2 Å². The lowest BCUT2D eigenvalue weighted by atomic mass is 10.0. The molecule has 0 saturated heterocycles. The number of hydrogen-bond donors (Lipinski definition) is 2. The van der Waals surface area contributed by atoms with Crippen molar-refractivity contribution in [3.63, 3.8) is 0 Å². The predicted octanol–water partition coefficient (Wildman–Crippen LogP) is 2.18. The van der Waals surface area contributed by atoms with Gasteiger partial charge in [-0.2, -0.15) is 0 Å². The Kier molecular flexibility index (Phi) is 6.37. The summed E-state index contributed by atoms with van der Waals surface area (Å²) in [7, 11) is 0. The van der Waals surface area contributed by atoms with Gasteiger partial charge in [0.05, 0.1) is 12.6 Å². The zero-order chi connectivity index (χ0) is 16.8. The van der Waals surface area contributed by atoms with Gasteiger partial charge in [0, 0.05) is 0 Å². The van der Waals surface area contributed by atoms with Crippen LogP contribution < -0.4 is 5.32 Å². The third-order valence-corrected chi connectivity index (χ3v) is 2.67. The van der Waals surface area contributed by atoms with Gasteiger partial charge in [-0.15, -0.1) is 0 Å². The van der Waals surface area contributed by atoms with E-state index < -0.39 is 29.8 Å². The van der Waals surface area contributed by atoms with Crippen molar-refractivity contribution >= 4 is 12.1 Å². The van der Waals surface area contributed by atoms with Gasteiger partial charge in [0.25, 0.3) is 0 Å². The first kappa shape index (κ1) is 18.0. The van der Waals surface area contributed by atoms with Crippen molar-refractivity contribution in [2.45, 2.75) is 45.4 Å². The van der Waals surface area contributed by atoms with Crippen LogP contribution in [0, 0.1) is 0 Å². The Morgan fingerprint density at radius 1 is 1.23 bits per heavy atom. The molecule has 0 aromatic heterocycles. The summed E-state index contributed by atoms with van der Waals surface area (Å²) in [4.78, 5) is 23.7. The van der Waals surface area contributed by atoms with Gasteiger partial charge in [0.1, 0.15) is 5.60 Å². The minimum Gasteiger partial charge on any atom is -0.464 e. The number of aliphatic hydroxyl groups excluding tert-OH is 1. The molecule has 0 heterocycles. The van der Waals surface area contributed by atoms with Crippen molar-refractivity contribution in [2.24, 2.45) is 0 Å². The molecule has 2 atom stereocenters. The van der Waals surface area contributed by atoms with E-state index >= 15 is 0 Å². The summed E-state index contributed by atoms with van der Waals surface area (Å²) in [5.74, 6) is -0.799. The average Bonchev–Trinajstić information content (AvgIpc) is 2.43. The number of nitrogens with one attached hydrogen (secondary N) is 1. The fourth-order valence-electron chi connectivity index (χ4n) is 1.80. The van der Waals surface area contributed by atoms with E-state index in [0.29, 0.717) is 5.56 Å². The lowest BCUT2D eigenvalue weighted by Gasteiger charge is -2.26. The molecule has 6 heteroatoms. The number of benzene rings is 1. The van der Waals surface area contributed by atoms with Crippen LogP contribution in [0.2, 0.25) is 0 Å². The van der Waals surface area contributed by atoms with Crippen LogP contribution in [0.5, 0.6) is 0 Å². The van der Waals surface area contributed by atoms with Crippen LogP contribution in [0.25, 0.3) is 0 Å². The molecule has 0 spiro atoms. The van der Waals surface area contributed by atoms with Crippen molar-refractivity contribution in [2.75, 3.05) is 6.61 Å². The third kappa shape index (κ3) is 5.73. The number of aliphatic hydroxyl groups is 1. The van der Waals surface area contributed by atoms with Gasteiger partial charge in [0.15, 0.2) is 6.10 Å². The topological polar surface area (TPSA) is 84.9 Å². The summed E-state index contributed by atoms with van der Waals surface area (Å²) >= 11 is 0. The van der Waals surface area contributed by atoms with Crippen LogP contribution in [-0.2, 0) is 14.3 Å². The number of amides is 1. The predicted molar refractivity (Wildman–Crippen MR) is 81.2 cm³/mol. The summed E-state index contributed by atoms with van der Waals surface area (Å²) in [6.45, 7) is 6.97. The zero-order valence-corrected chi connectivity index (χ0v) is 13.3. The molecule has 0 aliphatic rings. The lowest BCUT2D eigenvalue weighted by molar-refractivity contribution is -0.154. The van der Waals surface area contributed by atoms with E-state index in [4.69, 9.17) is 9.47 Å². The fourth-order valence-corrected chi connectivity index (χ4v) is 1.80. The summed E-state index contributed by atoms with van der Waals surface area (Å²) < 4.78 is 9.97. The molecule has 0 unspecified atom stereocenters. The molecular weight excluding hydrogens is 286 g/mol. The molecule has 22 heavy (non-hydrogen) atoms. The van der Waals surface area contributed by atoms with Crippen LogP contribution in [0.1, 0.15) is 39.3 Å². The van der Waals surface area contributed by atoms with Gasteiger partial charge in [-0.1, -0.05) is 30.3 Å². The summed E-state index contributed by atoms with van der Waals surface area (Å²) in [5, 5.41) is 12.7. The number of esters is 1. The molecule has 0 aliphatic heterocycles. The van der Waals surface area contributed by atoms with Crippen LogP contribution in [0.15, 0.2) is 30.3 Å². The Balaban J connectivity index is 2.93. The first-order valence-corrected chi connectivity index (χ1v) is 7.13. The van der Waals surface area contributed by atoms with Gasteiger partial charge < -0.3 is 19.9 Å². The quantitative estimate of drug-likeness (QED) is 0.814. The minimum absolute atomic E-state index is 0.143. The Labute approximate surface area is 130 Å². The van der Waals surface area contributed by atoms with E-state index in [0.717, 1.165) is 0 Å². The third-order valence-electron chi connectivity index (χ3n) is 2.67. The highest BCUT2D eigenvalue weighted by Gasteiger charge is 2.31. The molecule has 122 valence electrons. The van der Waals surface area contributed by atoms with Gasteiger partial charge in [0.2, 0.25) is 0 Å². The van der Waals surface area contributed by atoms with Gasteiger partial charge >= 0.3 is 12.1 Å². The Morgan fingerprint density at radius 3 is 2.32 bits per heavy atom. The molecule has 0 aliphatic carbocycles. The summed E-state index contributed by atoms with van der Waals surface area (Å²) in [6, 6.07) is 7.74. The zero-order valence-electron chi connectivity index (χ0n) is 13.3. The minimum atomic E-state index is -1.52. The SMILES string of the molecule is CCOC(=O)[C@@H](O)[C@@H](NC(=O)OC(C)(C)C)c1ccccc1. The highest BCUT2D eigenvalue weighted by Crippen LogP contribution is 2.19. The average molecular weight is 309 g/mol. The van der Waals surface area contributed by atoms with Crippen LogP contribution >= 0.6 is 0 Å². The number of carbonyl (C=O) groups excluding carboxylic acids is 2. The smallest absolute Gasteiger partial charge is 0.408 e. The lowest BCUT2D eigenvalue weighted by Crippen LogP contribution is -2.43. The molecule has 0 bridgehead atoms. The molecule has 1 rings (SSSR count). The summed E-state index contributed by atoms with van der Waals surface area (Å²) in [6.07, 6.45) is -2.24. The number of hydrogen-bond acceptors (Lipinski definition) is 5. The summed E-state index contributed by atoms with van der Waals surface area (Å²) in [5.41, 5.74) is -0.103. The highest BCUT2D eigenvalue weighted by molar-refractivity contribution is 5.77. The number of alkyl carbamates (subject to hydrolysis) is 1. The van der Waals surface area contributed by atoms with E-state index in [2.05, 4.69) is 5.32 Å². The van der Waals surface area contributed by atoms with Crippen LogP contribution in [-0.4, -0.2) is 35.5 Å². The van der Waals surface area contributed by atoms with E-state index in [9.17, 15) is 14.7 Å². The molecule has 2 N–H and O–H groups in total. The first-order chi connectivity index (χ1) is 10.2. The van der Waals surface area contributed by atoms with Crippen molar-refractivity contribution in [1.82, 2.24) is 5.32 Å². The van der Waals surface area contributed by atoms with Gasteiger partial charge in [-0.25, -0.2) is 9.59 Å². The maximum absolute atomic E-state index is 11.9. The Bertz CT molecular complexity index is 495. The first-order valence-electron chi connectivity index (χ1n) is 7.13. The largest absolute Gasteiger partial charge is 0.464 e. The van der Waals surface area contributed by atoms with Crippen molar-refractivity contribution in [1.29, 1.82) is 0 Å². The second-order valence-corrected chi connectivity index (χ2v) is 5.73. The van der Waals surface area contributed by atoms with Crippen molar-refractivity contribution in [3.05, 3.63) is 35.9 Å². The maximum Gasteiger partial charge on any atom is 0.408 e. The fraction of sp³-hybridized carbons (Fsp3) is 0.500. The number of rotatable bonds is 5. The van der Waals surface area contributed by atoms with Gasteiger partial charge in [-0.05, 0) is 33.3 Å². The van der Waals surface area contributed by atoms with Crippen LogP contribution in [0.3, 0.4) is 0 Å². The van der Waals surface area contributed by atoms with E-state index in [1.54, 1.807) is 58.0 Å². The van der Waals surface area contributed by atoms with E-state index in [1.807, 2.05) is 0 Å². The second-order valence-electron chi connectivity index (χ2n) is 5.73. The van der Waals surface area contributed by atoms with Crippen molar-refractivity contribution in [3.8, 4) is 0 Å². The molecule has 0 radical (unpaired) electrons. The maximum atomic E-state index is 11.9. The number of carbonyl (C=O) groups is 2. The normalized spacial score (nSPS) is 13.9. The molecule has 1 aromatic rings. The standard InChI is InChI=1S/C16H23NO5/c1-5-21-14(19)13(18)12(11-9-7-6-8-10-11)17-15(20)22-16(2,3)4/h6-10,12-13,18H,5H2,1-4H3,(H,17,20)/t12-,13-/m0/s1. The monoisotopic (exact) mass is 309 g/mol. The highest BCUT2D eigenvalue weighted by atomic mass is 16.6.